The quantitative estimate of drug-likeness (QED) is 0.551. The number of hydrogen-bond acceptors (Lipinski definition) is 1. The van der Waals surface area contributed by atoms with Gasteiger partial charge in [-0.3, -0.25) is 4.79 Å². The van der Waals surface area contributed by atoms with Gasteiger partial charge >= 0.3 is 0 Å². The summed E-state index contributed by atoms with van der Waals surface area (Å²) in [4.78, 5) is 11.0. The Bertz CT molecular complexity index is 252. The Balaban J connectivity index is 2.28. The molecule has 58 valence electrons. The van der Waals surface area contributed by atoms with Crippen LogP contribution in [0.25, 0.3) is 0 Å². The Morgan fingerprint density at radius 1 is 1.64 bits per heavy atom. The lowest BCUT2D eigenvalue weighted by Crippen LogP contribution is -2.15. The third kappa shape index (κ3) is 0.985. The van der Waals surface area contributed by atoms with E-state index in [4.69, 9.17) is 0 Å². The van der Waals surface area contributed by atoms with E-state index in [1.807, 2.05) is 12.2 Å². The zero-order chi connectivity index (χ0) is 7.84. The first kappa shape index (κ1) is 6.65. The van der Waals surface area contributed by atoms with Crippen molar-refractivity contribution in [3.05, 3.63) is 23.9 Å². The zero-order valence-corrected chi connectivity index (χ0v) is 6.50. The smallest absolute Gasteiger partial charge is 0.224 e. The Kier molecular flexibility index (Phi) is 1.34. The SMILES string of the molecule is CC1C=CC=C2NC(=O)C[C@@H]21. The summed E-state index contributed by atoms with van der Waals surface area (Å²) in [7, 11) is 0. The number of rotatable bonds is 0. The molecule has 1 unspecified atom stereocenters. The van der Waals surface area contributed by atoms with Gasteiger partial charge in [0.05, 0.1) is 0 Å². The highest BCUT2D eigenvalue weighted by Crippen LogP contribution is 2.31. The maximum absolute atomic E-state index is 11.0. The molecule has 2 atom stereocenters. The van der Waals surface area contributed by atoms with E-state index in [1.165, 1.54) is 0 Å². The van der Waals surface area contributed by atoms with Crippen molar-refractivity contribution >= 4 is 5.91 Å². The lowest BCUT2D eigenvalue weighted by molar-refractivity contribution is -0.119. The second-order valence-corrected chi connectivity index (χ2v) is 3.22. The molecule has 1 saturated heterocycles. The number of amides is 1. The summed E-state index contributed by atoms with van der Waals surface area (Å²) in [5.41, 5.74) is 1.10. The maximum atomic E-state index is 11.0. The fourth-order valence-corrected chi connectivity index (χ4v) is 1.72. The van der Waals surface area contributed by atoms with Gasteiger partial charge in [-0.1, -0.05) is 19.1 Å². The van der Waals surface area contributed by atoms with Crippen molar-refractivity contribution in [1.29, 1.82) is 0 Å². The van der Waals surface area contributed by atoms with Crippen LogP contribution in [0.5, 0.6) is 0 Å². The monoisotopic (exact) mass is 149 g/mol. The summed E-state index contributed by atoms with van der Waals surface area (Å²) in [5, 5.41) is 2.86. The number of nitrogens with one attached hydrogen (secondary N) is 1. The van der Waals surface area contributed by atoms with Crippen LogP contribution in [0, 0.1) is 11.8 Å². The number of hydrogen-bond donors (Lipinski definition) is 1. The predicted molar refractivity (Wildman–Crippen MR) is 42.6 cm³/mol. The fraction of sp³-hybridized carbons (Fsp3) is 0.444. The molecule has 1 aliphatic carbocycles. The van der Waals surface area contributed by atoms with E-state index >= 15 is 0 Å². The lowest BCUT2D eigenvalue weighted by Gasteiger charge is -2.18. The van der Waals surface area contributed by atoms with Gasteiger partial charge in [-0.25, -0.2) is 0 Å². The molecule has 0 aromatic rings. The first-order valence-corrected chi connectivity index (χ1v) is 3.95. The number of allylic oxidation sites excluding steroid dienone is 4. The van der Waals surface area contributed by atoms with Crippen LogP contribution in [-0.2, 0) is 4.79 Å². The molecule has 1 aliphatic heterocycles. The summed E-state index contributed by atoms with van der Waals surface area (Å²) in [6, 6.07) is 0. The molecule has 1 amide bonds. The molecule has 2 aliphatic rings. The van der Waals surface area contributed by atoms with Gasteiger partial charge in [0.25, 0.3) is 0 Å². The Morgan fingerprint density at radius 3 is 3.18 bits per heavy atom. The normalized spacial score (nSPS) is 34.6. The molecule has 0 spiro atoms. The molecule has 1 heterocycles. The first-order chi connectivity index (χ1) is 5.27. The van der Waals surface area contributed by atoms with Gasteiger partial charge in [0.2, 0.25) is 5.91 Å². The standard InChI is InChI=1S/C9H11NO/c1-6-3-2-4-8-7(6)5-9(11)10-8/h2-4,6-7H,5H2,1H3,(H,10,11)/t6?,7-/m1/s1. The van der Waals surface area contributed by atoms with Crippen LogP contribution in [0.3, 0.4) is 0 Å². The fourth-order valence-electron chi connectivity index (χ4n) is 1.72. The Hall–Kier alpha value is -1.05. The van der Waals surface area contributed by atoms with Crippen LogP contribution in [0.2, 0.25) is 0 Å². The van der Waals surface area contributed by atoms with Crippen molar-refractivity contribution in [2.24, 2.45) is 11.8 Å². The molecular formula is C9H11NO. The average molecular weight is 149 g/mol. The third-order valence-corrected chi connectivity index (χ3v) is 2.41. The van der Waals surface area contributed by atoms with Gasteiger partial charge in [0.1, 0.15) is 0 Å². The van der Waals surface area contributed by atoms with Gasteiger partial charge in [0, 0.05) is 18.0 Å². The maximum Gasteiger partial charge on any atom is 0.224 e. The van der Waals surface area contributed by atoms with Crippen LogP contribution >= 0.6 is 0 Å². The first-order valence-electron chi connectivity index (χ1n) is 3.95. The predicted octanol–water partition coefficient (Wildman–Crippen LogP) is 1.21. The van der Waals surface area contributed by atoms with E-state index in [9.17, 15) is 4.79 Å². The molecule has 2 heteroatoms. The molecule has 0 bridgehead atoms. The summed E-state index contributed by atoms with van der Waals surface area (Å²) < 4.78 is 0. The van der Waals surface area contributed by atoms with Crippen molar-refractivity contribution in [3.8, 4) is 0 Å². The van der Waals surface area contributed by atoms with Crippen LogP contribution in [0.1, 0.15) is 13.3 Å². The van der Waals surface area contributed by atoms with Gasteiger partial charge in [-0.2, -0.15) is 0 Å². The largest absolute Gasteiger partial charge is 0.329 e. The van der Waals surface area contributed by atoms with E-state index < -0.39 is 0 Å². The molecule has 11 heavy (non-hydrogen) atoms. The summed E-state index contributed by atoms with van der Waals surface area (Å²) in [6.07, 6.45) is 6.82. The minimum absolute atomic E-state index is 0.164. The van der Waals surface area contributed by atoms with Crippen LogP contribution < -0.4 is 5.32 Å². The molecule has 0 saturated carbocycles. The van der Waals surface area contributed by atoms with Gasteiger partial charge in [0.15, 0.2) is 0 Å². The Morgan fingerprint density at radius 2 is 2.45 bits per heavy atom. The van der Waals surface area contributed by atoms with Gasteiger partial charge in [-0.15, -0.1) is 0 Å². The third-order valence-electron chi connectivity index (χ3n) is 2.41. The second kappa shape index (κ2) is 2.22. The van der Waals surface area contributed by atoms with Crippen molar-refractivity contribution < 1.29 is 4.79 Å². The molecule has 2 rings (SSSR count). The van der Waals surface area contributed by atoms with E-state index in [0.717, 1.165) is 5.70 Å². The molecule has 2 nitrogen and oxygen atoms in total. The topological polar surface area (TPSA) is 29.1 Å². The van der Waals surface area contributed by atoms with E-state index in [1.54, 1.807) is 0 Å². The van der Waals surface area contributed by atoms with Crippen LogP contribution in [0.4, 0.5) is 0 Å². The molecule has 0 radical (unpaired) electrons. The highest BCUT2D eigenvalue weighted by molar-refractivity contribution is 5.82. The van der Waals surface area contributed by atoms with Crippen LogP contribution in [-0.4, -0.2) is 5.91 Å². The molecule has 0 aromatic heterocycles. The van der Waals surface area contributed by atoms with Crippen molar-refractivity contribution in [2.75, 3.05) is 0 Å². The minimum Gasteiger partial charge on any atom is -0.329 e. The molecular weight excluding hydrogens is 138 g/mol. The molecule has 0 aromatic carbocycles. The lowest BCUT2D eigenvalue weighted by atomic mass is 9.87. The number of fused-ring (bicyclic) bond motifs is 1. The zero-order valence-electron chi connectivity index (χ0n) is 6.50. The van der Waals surface area contributed by atoms with E-state index in [-0.39, 0.29) is 5.91 Å². The van der Waals surface area contributed by atoms with E-state index in [0.29, 0.717) is 18.3 Å². The number of carbonyl (C=O) groups excluding carboxylic acids is 1. The number of carbonyl (C=O) groups is 1. The summed E-state index contributed by atoms with van der Waals surface area (Å²) in [6.45, 7) is 2.15. The molecule has 1 fully saturated rings. The average Bonchev–Trinajstić information content (AvgIpc) is 2.31. The second-order valence-electron chi connectivity index (χ2n) is 3.22. The van der Waals surface area contributed by atoms with Gasteiger partial charge in [-0.05, 0) is 12.0 Å². The minimum atomic E-state index is 0.164. The molecule has 1 N–H and O–H groups in total. The van der Waals surface area contributed by atoms with Crippen LogP contribution in [0.15, 0.2) is 23.9 Å². The summed E-state index contributed by atoms with van der Waals surface area (Å²) >= 11 is 0. The van der Waals surface area contributed by atoms with Crippen molar-refractivity contribution in [2.45, 2.75) is 13.3 Å². The van der Waals surface area contributed by atoms with Crippen molar-refractivity contribution in [3.63, 3.8) is 0 Å². The van der Waals surface area contributed by atoms with E-state index in [2.05, 4.69) is 18.3 Å². The van der Waals surface area contributed by atoms with Crippen molar-refractivity contribution in [1.82, 2.24) is 5.32 Å². The summed E-state index contributed by atoms with van der Waals surface area (Å²) in [5.74, 6) is 1.10. The highest BCUT2D eigenvalue weighted by Gasteiger charge is 2.31. The Labute approximate surface area is 66.0 Å². The van der Waals surface area contributed by atoms with Gasteiger partial charge < -0.3 is 5.32 Å². The highest BCUT2D eigenvalue weighted by atomic mass is 16.1.